The molecule has 5 nitrogen and oxygen atoms in total. The third-order valence-electron chi connectivity index (χ3n) is 11.6. The van der Waals surface area contributed by atoms with Crippen molar-refractivity contribution in [3.8, 4) is 0 Å². The molecule has 0 aliphatic heterocycles. The number of rotatable bonds is 49. The monoisotopic (exact) mass is 843 g/mol. The van der Waals surface area contributed by atoms with Gasteiger partial charge in [0.15, 0.2) is 6.10 Å². The standard InChI is InChI=1S/C55H102O5/c1-4-7-10-13-16-18-20-22-24-26-27-28-30-32-34-36-38-41-44-47-50-58-51-53(60-55(57)49-46-43-39-15-12-9-6-3)52-59-54(56)48-45-42-40-37-35-33-31-29-25-23-21-19-17-14-11-8-5-2/h17,19,22-25,53H,4-16,18,20-21,26-52H2,1-3H3/b19-17-,24-22-,25-23-. The van der Waals surface area contributed by atoms with Gasteiger partial charge in [-0.1, -0.05) is 224 Å². The highest BCUT2D eigenvalue weighted by Gasteiger charge is 2.17. The van der Waals surface area contributed by atoms with Gasteiger partial charge in [0.05, 0.1) is 6.61 Å². The van der Waals surface area contributed by atoms with Crippen molar-refractivity contribution in [1.82, 2.24) is 0 Å². The van der Waals surface area contributed by atoms with Gasteiger partial charge in [0.25, 0.3) is 0 Å². The van der Waals surface area contributed by atoms with E-state index in [1.807, 2.05) is 0 Å². The third kappa shape index (κ3) is 48.8. The van der Waals surface area contributed by atoms with Gasteiger partial charge in [0.1, 0.15) is 6.61 Å². The summed E-state index contributed by atoms with van der Waals surface area (Å²) in [4.78, 5) is 25.2. The van der Waals surface area contributed by atoms with Crippen LogP contribution in [0.25, 0.3) is 0 Å². The summed E-state index contributed by atoms with van der Waals surface area (Å²) in [6, 6.07) is 0. The average Bonchev–Trinajstić information content (AvgIpc) is 3.25. The number of unbranched alkanes of at least 4 members (excludes halogenated alkanes) is 32. The first-order valence-electron chi connectivity index (χ1n) is 26.5. The second-order valence-electron chi connectivity index (χ2n) is 17.8. The van der Waals surface area contributed by atoms with Crippen LogP contribution in [0, 0.1) is 0 Å². The first-order valence-corrected chi connectivity index (χ1v) is 26.5. The molecule has 0 fully saturated rings. The van der Waals surface area contributed by atoms with Gasteiger partial charge in [-0.2, -0.15) is 0 Å². The van der Waals surface area contributed by atoms with E-state index < -0.39 is 6.10 Å². The summed E-state index contributed by atoms with van der Waals surface area (Å²) >= 11 is 0. The SMILES string of the molecule is CCCCC/C=C\C/C=C\CCCCCCCCCC(=O)OCC(COCCCCCCCCCCCC/C=C\CCCCCCCC)OC(=O)CCCCCCCCC. The lowest BCUT2D eigenvalue weighted by molar-refractivity contribution is -0.163. The number of carbonyl (C=O) groups excluding carboxylic acids is 2. The van der Waals surface area contributed by atoms with Gasteiger partial charge in [0, 0.05) is 19.4 Å². The first-order chi connectivity index (χ1) is 29.6. The second-order valence-corrected chi connectivity index (χ2v) is 17.8. The number of hydrogen-bond donors (Lipinski definition) is 0. The molecule has 0 bridgehead atoms. The van der Waals surface area contributed by atoms with Crippen molar-refractivity contribution in [3.05, 3.63) is 36.5 Å². The quantitative estimate of drug-likeness (QED) is 0.0347. The third-order valence-corrected chi connectivity index (χ3v) is 11.6. The minimum absolute atomic E-state index is 0.0846. The van der Waals surface area contributed by atoms with Crippen molar-refractivity contribution in [1.29, 1.82) is 0 Å². The predicted octanol–water partition coefficient (Wildman–Crippen LogP) is 17.8. The fourth-order valence-corrected chi connectivity index (χ4v) is 7.65. The summed E-state index contributed by atoms with van der Waals surface area (Å²) in [6.45, 7) is 7.79. The van der Waals surface area contributed by atoms with E-state index >= 15 is 0 Å². The lowest BCUT2D eigenvalue weighted by Gasteiger charge is -2.18. The highest BCUT2D eigenvalue weighted by Crippen LogP contribution is 2.15. The molecule has 352 valence electrons. The topological polar surface area (TPSA) is 61.8 Å². The lowest BCUT2D eigenvalue weighted by Crippen LogP contribution is -2.30. The second kappa shape index (κ2) is 51.5. The Kier molecular flexibility index (Phi) is 49.9. The van der Waals surface area contributed by atoms with Crippen molar-refractivity contribution >= 4 is 11.9 Å². The zero-order valence-corrected chi connectivity index (χ0v) is 40.5. The Morgan fingerprint density at radius 3 is 1.15 bits per heavy atom. The Bertz CT molecular complexity index is 955. The molecule has 60 heavy (non-hydrogen) atoms. The average molecular weight is 843 g/mol. The molecule has 0 aromatic heterocycles. The molecule has 0 saturated heterocycles. The maximum atomic E-state index is 12.7. The molecule has 1 atom stereocenters. The summed E-state index contributed by atoms with van der Waals surface area (Å²) in [5.74, 6) is -0.401. The van der Waals surface area contributed by atoms with E-state index in [9.17, 15) is 9.59 Å². The molecule has 0 aliphatic carbocycles. The summed E-state index contributed by atoms with van der Waals surface area (Å²) in [7, 11) is 0. The molecular formula is C55H102O5. The van der Waals surface area contributed by atoms with Crippen LogP contribution >= 0.6 is 0 Å². The Hall–Kier alpha value is -1.88. The minimum atomic E-state index is -0.533. The summed E-state index contributed by atoms with van der Waals surface area (Å²) < 4.78 is 17.3. The molecule has 5 heteroatoms. The molecule has 0 radical (unpaired) electrons. The molecule has 0 N–H and O–H groups in total. The van der Waals surface area contributed by atoms with Crippen LogP contribution in [-0.2, 0) is 23.8 Å². The van der Waals surface area contributed by atoms with Crippen LogP contribution < -0.4 is 0 Å². The van der Waals surface area contributed by atoms with Crippen molar-refractivity contribution < 1.29 is 23.8 Å². The van der Waals surface area contributed by atoms with E-state index in [0.29, 0.717) is 19.4 Å². The Morgan fingerprint density at radius 1 is 0.367 bits per heavy atom. The summed E-state index contributed by atoms with van der Waals surface area (Å²) in [6.07, 6.45) is 61.7. The maximum absolute atomic E-state index is 12.7. The van der Waals surface area contributed by atoms with Crippen LogP contribution in [0.4, 0.5) is 0 Å². The van der Waals surface area contributed by atoms with Gasteiger partial charge >= 0.3 is 11.9 Å². The van der Waals surface area contributed by atoms with Gasteiger partial charge in [0.2, 0.25) is 0 Å². The largest absolute Gasteiger partial charge is 0.462 e. The Balaban J connectivity index is 4.07. The van der Waals surface area contributed by atoms with E-state index in [2.05, 4.69) is 57.2 Å². The van der Waals surface area contributed by atoms with E-state index in [1.54, 1.807) is 0 Å². The van der Waals surface area contributed by atoms with Crippen molar-refractivity contribution in [2.75, 3.05) is 19.8 Å². The number of allylic oxidation sites excluding steroid dienone is 6. The molecular weight excluding hydrogens is 741 g/mol. The lowest BCUT2D eigenvalue weighted by atomic mass is 10.1. The molecule has 0 spiro atoms. The van der Waals surface area contributed by atoms with Crippen LogP contribution in [0.2, 0.25) is 0 Å². The van der Waals surface area contributed by atoms with Gasteiger partial charge < -0.3 is 14.2 Å². The van der Waals surface area contributed by atoms with Crippen LogP contribution in [0.15, 0.2) is 36.5 Å². The normalized spacial score (nSPS) is 12.4. The fraction of sp³-hybridized carbons (Fsp3) is 0.855. The molecule has 0 saturated carbocycles. The fourth-order valence-electron chi connectivity index (χ4n) is 7.65. The highest BCUT2D eigenvalue weighted by molar-refractivity contribution is 5.70. The molecule has 0 aromatic carbocycles. The zero-order chi connectivity index (χ0) is 43.5. The Labute approximate surface area is 374 Å². The molecule has 0 amide bonds. The molecule has 0 aliphatic rings. The van der Waals surface area contributed by atoms with Crippen LogP contribution in [-0.4, -0.2) is 37.9 Å². The van der Waals surface area contributed by atoms with E-state index in [-0.39, 0.29) is 25.2 Å². The van der Waals surface area contributed by atoms with Crippen LogP contribution in [0.5, 0.6) is 0 Å². The maximum Gasteiger partial charge on any atom is 0.306 e. The molecule has 1 unspecified atom stereocenters. The number of carbonyl (C=O) groups is 2. The Morgan fingerprint density at radius 2 is 0.700 bits per heavy atom. The smallest absolute Gasteiger partial charge is 0.306 e. The van der Waals surface area contributed by atoms with E-state index in [1.165, 1.54) is 193 Å². The van der Waals surface area contributed by atoms with E-state index in [0.717, 1.165) is 51.4 Å². The zero-order valence-electron chi connectivity index (χ0n) is 40.5. The molecule has 0 aromatic rings. The highest BCUT2D eigenvalue weighted by atomic mass is 16.6. The minimum Gasteiger partial charge on any atom is -0.462 e. The van der Waals surface area contributed by atoms with Gasteiger partial charge in [-0.05, 0) is 77.0 Å². The van der Waals surface area contributed by atoms with Crippen molar-refractivity contribution in [3.63, 3.8) is 0 Å². The first kappa shape index (κ1) is 58.1. The number of ether oxygens (including phenoxy) is 3. The molecule has 0 heterocycles. The summed E-state index contributed by atoms with van der Waals surface area (Å²) in [5, 5.41) is 0. The number of esters is 2. The number of hydrogen-bond acceptors (Lipinski definition) is 5. The molecule has 0 rings (SSSR count). The summed E-state index contributed by atoms with van der Waals surface area (Å²) in [5.41, 5.74) is 0. The van der Waals surface area contributed by atoms with Gasteiger partial charge in [-0.3, -0.25) is 9.59 Å². The van der Waals surface area contributed by atoms with Crippen molar-refractivity contribution in [2.24, 2.45) is 0 Å². The predicted molar refractivity (Wildman–Crippen MR) is 261 cm³/mol. The van der Waals surface area contributed by atoms with Crippen LogP contribution in [0.1, 0.15) is 278 Å². The van der Waals surface area contributed by atoms with Crippen molar-refractivity contribution in [2.45, 2.75) is 284 Å². The van der Waals surface area contributed by atoms with Gasteiger partial charge in [-0.15, -0.1) is 0 Å². The van der Waals surface area contributed by atoms with Gasteiger partial charge in [-0.25, -0.2) is 0 Å². The van der Waals surface area contributed by atoms with Crippen LogP contribution in [0.3, 0.4) is 0 Å². The van der Waals surface area contributed by atoms with E-state index in [4.69, 9.17) is 14.2 Å².